The van der Waals surface area contributed by atoms with Gasteiger partial charge in [0.1, 0.15) is 6.29 Å². The molecule has 1 nitrogen and oxygen atoms in total. The summed E-state index contributed by atoms with van der Waals surface area (Å²) in [5.41, 5.74) is 2.90. The van der Waals surface area contributed by atoms with Crippen molar-refractivity contribution in [1.29, 1.82) is 0 Å². The highest BCUT2D eigenvalue weighted by Gasteiger charge is 2.03. The monoisotopic (exact) mass is 242 g/mol. The Balaban J connectivity index is 2.47. The fraction of sp³-hybridized carbons (Fsp3) is 0. The first-order valence-corrected chi connectivity index (χ1v) is 5.66. The maximum absolute atomic E-state index is 10.7. The molecule has 0 spiro atoms. The fourth-order valence-corrected chi connectivity index (χ4v) is 1.80. The number of hydrogen-bond acceptors (Lipinski definition) is 1. The average Bonchev–Trinajstić information content (AvgIpc) is 2.38. The molecule has 84 valence electrons. The number of rotatable bonds is 3. The molecule has 0 aliphatic carbocycles. The summed E-state index contributed by atoms with van der Waals surface area (Å²) in [6.45, 7) is 0. The van der Waals surface area contributed by atoms with Gasteiger partial charge in [-0.05, 0) is 34.9 Å². The van der Waals surface area contributed by atoms with Crippen LogP contribution >= 0.6 is 11.6 Å². The summed E-state index contributed by atoms with van der Waals surface area (Å²) in [7, 11) is 0. The smallest absolute Gasteiger partial charge is 0.143 e. The molecule has 2 aromatic carbocycles. The van der Waals surface area contributed by atoms with Crippen molar-refractivity contribution in [1.82, 2.24) is 0 Å². The minimum absolute atomic E-state index is 0.687. The van der Waals surface area contributed by atoms with E-state index < -0.39 is 0 Å². The molecule has 17 heavy (non-hydrogen) atoms. The Hall–Kier alpha value is -1.86. The second-order valence-electron chi connectivity index (χ2n) is 3.59. The van der Waals surface area contributed by atoms with Gasteiger partial charge in [0.2, 0.25) is 0 Å². The van der Waals surface area contributed by atoms with Crippen LogP contribution in [-0.2, 0) is 4.79 Å². The molecule has 0 heterocycles. The zero-order valence-corrected chi connectivity index (χ0v) is 9.89. The van der Waals surface area contributed by atoms with E-state index in [0.717, 1.165) is 23.0 Å². The number of aldehydes is 1. The van der Waals surface area contributed by atoms with Crippen LogP contribution in [0.25, 0.3) is 5.57 Å². The summed E-state index contributed by atoms with van der Waals surface area (Å²) in [5, 5.41) is 0.687. The van der Waals surface area contributed by atoms with Gasteiger partial charge in [-0.15, -0.1) is 0 Å². The van der Waals surface area contributed by atoms with Crippen LogP contribution < -0.4 is 0 Å². The standard InChI is InChI=1S/C15H11ClO/c16-14-8-6-13(7-9-14)15(10-11-17)12-4-2-1-3-5-12/h1-11H/b15-10-. The van der Waals surface area contributed by atoms with Crippen molar-refractivity contribution in [2.24, 2.45) is 0 Å². The lowest BCUT2D eigenvalue weighted by Gasteiger charge is -2.07. The van der Waals surface area contributed by atoms with E-state index in [4.69, 9.17) is 11.6 Å². The lowest BCUT2D eigenvalue weighted by molar-refractivity contribution is -0.104. The van der Waals surface area contributed by atoms with Gasteiger partial charge in [0.25, 0.3) is 0 Å². The van der Waals surface area contributed by atoms with Gasteiger partial charge in [0, 0.05) is 5.02 Å². The summed E-state index contributed by atoms with van der Waals surface area (Å²) in [5.74, 6) is 0. The molecule has 2 heteroatoms. The average molecular weight is 243 g/mol. The zero-order valence-electron chi connectivity index (χ0n) is 9.14. The Morgan fingerprint density at radius 2 is 1.47 bits per heavy atom. The van der Waals surface area contributed by atoms with Gasteiger partial charge in [0.15, 0.2) is 0 Å². The highest BCUT2D eigenvalue weighted by Crippen LogP contribution is 2.24. The van der Waals surface area contributed by atoms with Crippen molar-refractivity contribution in [2.45, 2.75) is 0 Å². The molecule has 0 saturated carbocycles. The van der Waals surface area contributed by atoms with Crippen molar-refractivity contribution in [3.05, 3.63) is 76.8 Å². The normalized spacial score (nSPS) is 11.2. The van der Waals surface area contributed by atoms with Crippen molar-refractivity contribution in [3.63, 3.8) is 0 Å². The molecule has 0 radical (unpaired) electrons. The third-order valence-electron chi connectivity index (χ3n) is 2.47. The molecule has 2 aromatic rings. The third-order valence-corrected chi connectivity index (χ3v) is 2.73. The molecule has 0 N–H and O–H groups in total. The molecular formula is C15H11ClO. The molecule has 0 aromatic heterocycles. The number of halogens is 1. The zero-order chi connectivity index (χ0) is 12.1. The van der Waals surface area contributed by atoms with E-state index in [2.05, 4.69) is 0 Å². The summed E-state index contributed by atoms with van der Waals surface area (Å²) in [6.07, 6.45) is 2.37. The quantitative estimate of drug-likeness (QED) is 0.588. The predicted octanol–water partition coefficient (Wildman–Crippen LogP) is 3.97. The topological polar surface area (TPSA) is 17.1 Å². The Morgan fingerprint density at radius 1 is 0.882 bits per heavy atom. The van der Waals surface area contributed by atoms with Gasteiger partial charge in [-0.2, -0.15) is 0 Å². The highest BCUT2D eigenvalue weighted by molar-refractivity contribution is 6.30. The predicted molar refractivity (Wildman–Crippen MR) is 71.0 cm³/mol. The Kier molecular flexibility index (Phi) is 3.73. The SMILES string of the molecule is O=C/C=C(/c1ccccc1)c1ccc(Cl)cc1. The molecule has 0 bridgehead atoms. The molecule has 0 amide bonds. The molecule has 0 atom stereocenters. The first-order valence-electron chi connectivity index (χ1n) is 5.28. The fourth-order valence-electron chi connectivity index (χ4n) is 1.67. The van der Waals surface area contributed by atoms with Crippen LogP contribution in [0.15, 0.2) is 60.7 Å². The van der Waals surface area contributed by atoms with Crippen LogP contribution in [0.5, 0.6) is 0 Å². The minimum atomic E-state index is 0.687. The number of allylic oxidation sites excluding steroid dienone is 1. The summed E-state index contributed by atoms with van der Waals surface area (Å²) >= 11 is 5.85. The minimum Gasteiger partial charge on any atom is -0.299 e. The second-order valence-corrected chi connectivity index (χ2v) is 4.03. The molecular weight excluding hydrogens is 232 g/mol. The van der Waals surface area contributed by atoms with Gasteiger partial charge in [-0.25, -0.2) is 0 Å². The van der Waals surface area contributed by atoms with Crippen molar-refractivity contribution < 1.29 is 4.79 Å². The van der Waals surface area contributed by atoms with E-state index in [1.165, 1.54) is 0 Å². The van der Waals surface area contributed by atoms with E-state index in [-0.39, 0.29) is 0 Å². The number of hydrogen-bond donors (Lipinski definition) is 0. The van der Waals surface area contributed by atoms with Crippen LogP contribution in [0.1, 0.15) is 11.1 Å². The van der Waals surface area contributed by atoms with Crippen LogP contribution in [-0.4, -0.2) is 6.29 Å². The van der Waals surface area contributed by atoms with Crippen LogP contribution in [0.2, 0.25) is 5.02 Å². The molecule has 0 unspecified atom stereocenters. The van der Waals surface area contributed by atoms with Crippen LogP contribution in [0.4, 0.5) is 0 Å². The van der Waals surface area contributed by atoms with E-state index >= 15 is 0 Å². The largest absolute Gasteiger partial charge is 0.299 e. The second kappa shape index (κ2) is 5.46. The first kappa shape index (κ1) is 11.6. The molecule has 2 rings (SSSR count). The molecule has 0 aliphatic rings. The third kappa shape index (κ3) is 2.83. The number of carbonyl (C=O) groups excluding carboxylic acids is 1. The van der Waals surface area contributed by atoms with Crippen molar-refractivity contribution in [3.8, 4) is 0 Å². The molecule has 0 saturated heterocycles. The number of carbonyl (C=O) groups is 1. The lowest BCUT2D eigenvalue weighted by atomic mass is 9.98. The van der Waals surface area contributed by atoms with E-state index in [0.29, 0.717) is 5.02 Å². The van der Waals surface area contributed by atoms with Crippen molar-refractivity contribution >= 4 is 23.5 Å². The number of benzene rings is 2. The van der Waals surface area contributed by atoms with Crippen LogP contribution in [0, 0.1) is 0 Å². The molecule has 0 fully saturated rings. The lowest BCUT2D eigenvalue weighted by Crippen LogP contribution is -1.88. The van der Waals surface area contributed by atoms with Gasteiger partial charge < -0.3 is 0 Å². The van der Waals surface area contributed by atoms with E-state index in [1.807, 2.05) is 54.6 Å². The van der Waals surface area contributed by atoms with Gasteiger partial charge in [-0.1, -0.05) is 54.1 Å². The first-order chi connectivity index (χ1) is 8.31. The van der Waals surface area contributed by atoms with Gasteiger partial charge in [0.05, 0.1) is 0 Å². The summed E-state index contributed by atoms with van der Waals surface area (Å²) in [4.78, 5) is 10.7. The maximum Gasteiger partial charge on any atom is 0.143 e. The Morgan fingerprint density at radius 3 is 2.06 bits per heavy atom. The Bertz CT molecular complexity index is 527. The Labute approximate surface area is 105 Å². The van der Waals surface area contributed by atoms with E-state index in [9.17, 15) is 4.79 Å². The van der Waals surface area contributed by atoms with E-state index in [1.54, 1.807) is 6.08 Å². The van der Waals surface area contributed by atoms with Gasteiger partial charge >= 0.3 is 0 Å². The van der Waals surface area contributed by atoms with Gasteiger partial charge in [-0.3, -0.25) is 4.79 Å². The van der Waals surface area contributed by atoms with Crippen LogP contribution in [0.3, 0.4) is 0 Å². The van der Waals surface area contributed by atoms with Crippen molar-refractivity contribution in [2.75, 3.05) is 0 Å². The summed E-state index contributed by atoms with van der Waals surface area (Å²) in [6, 6.07) is 17.2. The maximum atomic E-state index is 10.7. The summed E-state index contributed by atoms with van der Waals surface area (Å²) < 4.78 is 0. The molecule has 0 aliphatic heterocycles. The highest BCUT2D eigenvalue weighted by atomic mass is 35.5.